The van der Waals surface area contributed by atoms with Gasteiger partial charge >= 0.3 is 0 Å². The van der Waals surface area contributed by atoms with Crippen molar-refractivity contribution >= 4 is 11.8 Å². The van der Waals surface area contributed by atoms with E-state index < -0.39 is 0 Å². The Morgan fingerprint density at radius 2 is 1.45 bits per heavy atom. The van der Waals surface area contributed by atoms with Crippen molar-refractivity contribution in [2.24, 2.45) is 0 Å². The Morgan fingerprint density at radius 3 is 2.10 bits per heavy atom. The van der Waals surface area contributed by atoms with Gasteiger partial charge in [0.05, 0.1) is 0 Å². The monoisotopic (exact) mass is 285 g/mol. The molecule has 0 aromatic heterocycles. The molecule has 106 valence electrons. The predicted molar refractivity (Wildman–Crippen MR) is 88.5 cm³/mol. The van der Waals surface area contributed by atoms with Crippen LogP contribution in [0.15, 0.2) is 64.4 Å². The van der Waals surface area contributed by atoms with E-state index in [1.807, 2.05) is 11.8 Å². The molecule has 0 heterocycles. The smallest absolute Gasteiger partial charge is 0.0122 e. The van der Waals surface area contributed by atoms with Crippen LogP contribution in [0.4, 0.5) is 0 Å². The van der Waals surface area contributed by atoms with Crippen LogP contribution in [0, 0.1) is 0 Å². The molecule has 0 unspecified atom stereocenters. The van der Waals surface area contributed by atoms with Gasteiger partial charge in [-0.2, -0.15) is 0 Å². The third-order valence-corrected chi connectivity index (χ3v) is 4.24. The van der Waals surface area contributed by atoms with Crippen molar-refractivity contribution in [3.63, 3.8) is 0 Å². The quantitative estimate of drug-likeness (QED) is 0.677. The maximum atomic E-state index is 2.26. The van der Waals surface area contributed by atoms with Crippen molar-refractivity contribution in [1.82, 2.24) is 4.90 Å². The summed E-state index contributed by atoms with van der Waals surface area (Å²) in [6, 6.07) is 19.5. The number of benzene rings is 2. The molecule has 0 bridgehead atoms. The van der Waals surface area contributed by atoms with Crippen molar-refractivity contribution in [2.45, 2.75) is 29.1 Å². The summed E-state index contributed by atoms with van der Waals surface area (Å²) in [5, 5.41) is 0. The summed E-state index contributed by atoms with van der Waals surface area (Å²) in [6.07, 6.45) is 3.72. The summed E-state index contributed by atoms with van der Waals surface area (Å²) in [6.45, 7) is 1.18. The van der Waals surface area contributed by atoms with Gasteiger partial charge in [0.15, 0.2) is 0 Å². The minimum Gasteiger partial charge on any atom is -0.309 e. The Hall–Kier alpha value is -1.25. The minimum absolute atomic E-state index is 1.18. The van der Waals surface area contributed by atoms with Crippen LogP contribution in [-0.2, 0) is 6.42 Å². The van der Waals surface area contributed by atoms with E-state index in [4.69, 9.17) is 0 Å². The van der Waals surface area contributed by atoms with Gasteiger partial charge < -0.3 is 4.90 Å². The van der Waals surface area contributed by atoms with E-state index in [-0.39, 0.29) is 0 Å². The van der Waals surface area contributed by atoms with E-state index in [1.165, 1.54) is 41.2 Å². The van der Waals surface area contributed by atoms with Crippen LogP contribution in [0.1, 0.15) is 18.4 Å². The van der Waals surface area contributed by atoms with Crippen molar-refractivity contribution in [3.8, 4) is 0 Å². The molecule has 1 nitrogen and oxygen atoms in total. The average Bonchev–Trinajstić information content (AvgIpc) is 2.46. The maximum Gasteiger partial charge on any atom is 0.0122 e. The summed E-state index contributed by atoms with van der Waals surface area (Å²) >= 11 is 1.82. The van der Waals surface area contributed by atoms with Gasteiger partial charge in [0, 0.05) is 9.79 Å². The average molecular weight is 285 g/mol. The third kappa shape index (κ3) is 5.40. The normalized spacial score (nSPS) is 10.9. The molecule has 0 spiro atoms. The van der Waals surface area contributed by atoms with Crippen LogP contribution < -0.4 is 0 Å². The SMILES string of the molecule is CN(C)CCCCc1ccc(Sc2ccccc2)cc1. The highest BCUT2D eigenvalue weighted by Gasteiger charge is 1.98. The van der Waals surface area contributed by atoms with E-state index in [9.17, 15) is 0 Å². The molecule has 2 aromatic rings. The Labute approximate surface area is 127 Å². The van der Waals surface area contributed by atoms with Crippen LogP contribution in [0.3, 0.4) is 0 Å². The van der Waals surface area contributed by atoms with Crippen molar-refractivity contribution in [3.05, 3.63) is 60.2 Å². The molecule has 0 saturated carbocycles. The third-order valence-electron chi connectivity index (χ3n) is 3.22. The predicted octanol–water partition coefficient (Wildman–Crippen LogP) is 4.72. The van der Waals surface area contributed by atoms with Crippen LogP contribution >= 0.6 is 11.8 Å². The number of unbranched alkanes of at least 4 members (excludes halogenated alkanes) is 1. The molecular weight excluding hydrogens is 262 g/mol. The van der Waals surface area contributed by atoms with E-state index >= 15 is 0 Å². The van der Waals surface area contributed by atoms with Crippen LogP contribution in [-0.4, -0.2) is 25.5 Å². The molecule has 20 heavy (non-hydrogen) atoms. The fourth-order valence-electron chi connectivity index (χ4n) is 2.11. The molecule has 0 amide bonds. The molecule has 0 N–H and O–H groups in total. The highest BCUT2D eigenvalue weighted by atomic mass is 32.2. The molecule has 2 aromatic carbocycles. The molecule has 0 aliphatic rings. The van der Waals surface area contributed by atoms with Crippen LogP contribution in [0.5, 0.6) is 0 Å². The number of nitrogens with zero attached hydrogens (tertiary/aromatic N) is 1. The second kappa shape index (κ2) is 8.13. The van der Waals surface area contributed by atoms with Crippen LogP contribution in [0.2, 0.25) is 0 Å². The fourth-order valence-corrected chi connectivity index (χ4v) is 2.94. The lowest BCUT2D eigenvalue weighted by Crippen LogP contribution is -2.12. The second-order valence-corrected chi connectivity index (χ2v) is 6.47. The highest BCUT2D eigenvalue weighted by Crippen LogP contribution is 2.27. The van der Waals surface area contributed by atoms with Gasteiger partial charge in [-0.05, 0) is 69.7 Å². The topological polar surface area (TPSA) is 3.24 Å². The standard InChI is InChI=1S/C18H23NS/c1-19(2)15-7-6-8-16-11-13-18(14-12-16)20-17-9-4-3-5-10-17/h3-5,9-14H,6-8,15H2,1-2H3. The van der Waals surface area contributed by atoms with E-state index in [0.717, 1.165) is 0 Å². The summed E-state index contributed by atoms with van der Waals surface area (Å²) in [5.74, 6) is 0. The summed E-state index contributed by atoms with van der Waals surface area (Å²) in [5.41, 5.74) is 1.45. The van der Waals surface area contributed by atoms with Gasteiger partial charge in [-0.15, -0.1) is 0 Å². The highest BCUT2D eigenvalue weighted by molar-refractivity contribution is 7.99. The Bertz CT molecular complexity index is 491. The molecular formula is C18H23NS. The van der Waals surface area contributed by atoms with Crippen molar-refractivity contribution in [2.75, 3.05) is 20.6 Å². The molecule has 0 fully saturated rings. The number of rotatable bonds is 7. The first-order valence-corrected chi connectivity index (χ1v) is 8.02. The van der Waals surface area contributed by atoms with Gasteiger partial charge in [-0.1, -0.05) is 42.1 Å². The fraction of sp³-hybridized carbons (Fsp3) is 0.333. The van der Waals surface area contributed by atoms with Gasteiger partial charge in [-0.25, -0.2) is 0 Å². The Morgan fingerprint density at radius 1 is 0.800 bits per heavy atom. The lowest BCUT2D eigenvalue weighted by Gasteiger charge is -2.09. The second-order valence-electron chi connectivity index (χ2n) is 5.32. The van der Waals surface area contributed by atoms with Gasteiger partial charge in [0.2, 0.25) is 0 Å². The minimum atomic E-state index is 1.18. The van der Waals surface area contributed by atoms with E-state index in [2.05, 4.69) is 73.6 Å². The molecule has 0 atom stereocenters. The summed E-state index contributed by atoms with van der Waals surface area (Å²) in [7, 11) is 4.27. The number of hydrogen-bond acceptors (Lipinski definition) is 2. The molecule has 2 rings (SSSR count). The first kappa shape index (κ1) is 15.1. The molecule has 2 heteroatoms. The van der Waals surface area contributed by atoms with Crippen molar-refractivity contribution < 1.29 is 0 Å². The first-order chi connectivity index (χ1) is 9.74. The maximum absolute atomic E-state index is 2.26. The largest absolute Gasteiger partial charge is 0.309 e. The summed E-state index contributed by atoms with van der Waals surface area (Å²) < 4.78 is 0. The van der Waals surface area contributed by atoms with E-state index in [1.54, 1.807) is 0 Å². The molecule has 0 saturated heterocycles. The van der Waals surface area contributed by atoms with Crippen LogP contribution in [0.25, 0.3) is 0 Å². The van der Waals surface area contributed by atoms with Gasteiger partial charge in [0.25, 0.3) is 0 Å². The van der Waals surface area contributed by atoms with Gasteiger partial charge in [-0.3, -0.25) is 0 Å². The summed E-state index contributed by atoms with van der Waals surface area (Å²) in [4.78, 5) is 4.86. The zero-order valence-corrected chi connectivity index (χ0v) is 13.2. The van der Waals surface area contributed by atoms with E-state index in [0.29, 0.717) is 0 Å². The lowest BCUT2D eigenvalue weighted by molar-refractivity contribution is 0.394. The zero-order valence-electron chi connectivity index (χ0n) is 12.4. The molecule has 0 radical (unpaired) electrons. The van der Waals surface area contributed by atoms with Crippen molar-refractivity contribution in [1.29, 1.82) is 0 Å². The lowest BCUT2D eigenvalue weighted by atomic mass is 10.1. The number of hydrogen-bond donors (Lipinski definition) is 0. The molecule has 0 aliphatic carbocycles. The molecule has 0 aliphatic heterocycles. The first-order valence-electron chi connectivity index (χ1n) is 7.20. The Kier molecular flexibility index (Phi) is 6.16. The Balaban J connectivity index is 1.81. The van der Waals surface area contributed by atoms with Gasteiger partial charge in [0.1, 0.15) is 0 Å². The zero-order chi connectivity index (χ0) is 14.2. The number of aryl methyl sites for hydroxylation is 1.